The van der Waals surface area contributed by atoms with Gasteiger partial charge in [-0.1, -0.05) is 30.3 Å². The monoisotopic (exact) mass is 408 g/mol. The molecule has 7 nitrogen and oxygen atoms in total. The van der Waals surface area contributed by atoms with E-state index in [1.54, 1.807) is 23.8 Å². The topological polar surface area (TPSA) is 97.6 Å². The van der Waals surface area contributed by atoms with Crippen molar-refractivity contribution in [3.8, 4) is 0 Å². The Labute approximate surface area is 173 Å². The Balaban J connectivity index is 1.85. The largest absolute Gasteiger partial charge is 0.460 e. The Morgan fingerprint density at radius 2 is 1.80 bits per heavy atom. The summed E-state index contributed by atoms with van der Waals surface area (Å²) < 4.78 is 6.90. The molecule has 2 N–H and O–H groups in total. The third-order valence-corrected chi connectivity index (χ3v) is 4.46. The number of rotatable bonds is 5. The van der Waals surface area contributed by atoms with E-state index in [4.69, 9.17) is 9.94 Å². The van der Waals surface area contributed by atoms with Gasteiger partial charge in [0.25, 0.3) is 11.5 Å². The number of pyridine rings is 1. The average molecular weight is 408 g/mol. The van der Waals surface area contributed by atoms with Crippen molar-refractivity contribution in [3.05, 3.63) is 81.8 Å². The lowest BCUT2D eigenvalue weighted by Gasteiger charge is -2.19. The molecule has 30 heavy (non-hydrogen) atoms. The van der Waals surface area contributed by atoms with Crippen LogP contribution in [0.4, 0.5) is 0 Å². The quantitative estimate of drug-likeness (QED) is 0.384. The zero-order chi connectivity index (χ0) is 21.9. The van der Waals surface area contributed by atoms with Crippen LogP contribution in [0.5, 0.6) is 0 Å². The van der Waals surface area contributed by atoms with Gasteiger partial charge in [0.1, 0.15) is 5.60 Å². The smallest absolute Gasteiger partial charge is 0.310 e. The number of aromatic nitrogens is 1. The van der Waals surface area contributed by atoms with E-state index in [1.807, 2.05) is 45.0 Å². The van der Waals surface area contributed by atoms with E-state index in [2.05, 4.69) is 0 Å². The van der Waals surface area contributed by atoms with E-state index in [0.29, 0.717) is 17.3 Å². The van der Waals surface area contributed by atoms with Gasteiger partial charge in [0.05, 0.1) is 13.0 Å². The van der Waals surface area contributed by atoms with Crippen LogP contribution >= 0.6 is 0 Å². The van der Waals surface area contributed by atoms with Crippen molar-refractivity contribution < 1.29 is 19.5 Å². The number of ether oxygens (including phenoxy) is 1. The van der Waals surface area contributed by atoms with Crippen molar-refractivity contribution in [2.24, 2.45) is 0 Å². The second-order valence-electron chi connectivity index (χ2n) is 8.07. The van der Waals surface area contributed by atoms with E-state index >= 15 is 0 Å². The molecule has 3 rings (SSSR count). The zero-order valence-corrected chi connectivity index (χ0v) is 17.1. The summed E-state index contributed by atoms with van der Waals surface area (Å²) in [5.74, 6) is -0.987. The van der Waals surface area contributed by atoms with Crippen molar-refractivity contribution in [3.63, 3.8) is 0 Å². The van der Waals surface area contributed by atoms with Crippen LogP contribution in [0.3, 0.4) is 0 Å². The van der Waals surface area contributed by atoms with Gasteiger partial charge in [-0.3, -0.25) is 19.6 Å². The third-order valence-electron chi connectivity index (χ3n) is 4.46. The van der Waals surface area contributed by atoms with E-state index < -0.39 is 11.5 Å². The molecule has 156 valence electrons. The molecule has 0 fully saturated rings. The molecule has 0 bridgehead atoms. The minimum absolute atomic E-state index is 0.150. The normalized spacial score (nSPS) is 11.3. The number of carbonyl (C=O) groups excluding carboxylic acids is 2. The number of carbonyl (C=O) groups is 2. The Kier molecular flexibility index (Phi) is 6.03. The van der Waals surface area contributed by atoms with Gasteiger partial charge in [0, 0.05) is 17.1 Å². The average Bonchev–Trinajstić information content (AvgIpc) is 2.68. The molecule has 0 aliphatic carbocycles. The predicted octanol–water partition coefficient (Wildman–Crippen LogP) is 3.05. The lowest BCUT2D eigenvalue weighted by molar-refractivity contribution is -0.153. The van der Waals surface area contributed by atoms with Gasteiger partial charge in [0.15, 0.2) is 0 Å². The molecule has 3 aromatic rings. The summed E-state index contributed by atoms with van der Waals surface area (Å²) in [7, 11) is 0. The number of fused-ring (bicyclic) bond motifs is 1. The first-order valence-corrected chi connectivity index (χ1v) is 9.53. The van der Waals surface area contributed by atoms with E-state index in [-0.39, 0.29) is 23.5 Å². The molecule has 1 aromatic heterocycles. The molecule has 0 saturated heterocycles. The Bertz CT molecular complexity index is 1160. The highest BCUT2D eigenvalue weighted by molar-refractivity contribution is 5.97. The number of nitrogens with one attached hydrogen (secondary N) is 1. The van der Waals surface area contributed by atoms with Crippen LogP contribution in [0.1, 0.15) is 42.3 Å². The first kappa shape index (κ1) is 21.3. The van der Waals surface area contributed by atoms with Gasteiger partial charge in [-0.05, 0) is 55.5 Å². The standard InChI is InChI=1S/C23H24N2O5/c1-23(2,3)30-20(26)12-15-5-4-6-16(11-15)14-25-10-9-17-7-8-18(21(27)24-29)13-19(17)22(25)28/h4-11,13,29H,12,14H2,1-3H3,(H,24,27). The van der Waals surface area contributed by atoms with Crippen molar-refractivity contribution in [1.82, 2.24) is 10.0 Å². The Morgan fingerprint density at radius 1 is 1.07 bits per heavy atom. The first-order valence-electron chi connectivity index (χ1n) is 9.53. The molecule has 1 heterocycles. The molecule has 2 aromatic carbocycles. The Morgan fingerprint density at radius 3 is 2.50 bits per heavy atom. The van der Waals surface area contributed by atoms with Crippen molar-refractivity contribution >= 4 is 22.6 Å². The first-order chi connectivity index (χ1) is 14.2. The van der Waals surface area contributed by atoms with Crippen LogP contribution < -0.4 is 11.0 Å². The SMILES string of the molecule is CC(C)(C)OC(=O)Cc1cccc(Cn2ccc3ccc(C(=O)NO)cc3c2=O)c1. The van der Waals surface area contributed by atoms with Gasteiger partial charge in [-0.15, -0.1) is 0 Å². The molecule has 0 spiro atoms. The number of esters is 1. The molecule has 0 atom stereocenters. The van der Waals surface area contributed by atoms with Gasteiger partial charge in [-0.2, -0.15) is 0 Å². The van der Waals surface area contributed by atoms with Crippen LogP contribution in [-0.2, 0) is 22.5 Å². The summed E-state index contributed by atoms with van der Waals surface area (Å²) >= 11 is 0. The molecule has 0 unspecified atom stereocenters. The zero-order valence-electron chi connectivity index (χ0n) is 17.1. The van der Waals surface area contributed by atoms with Crippen molar-refractivity contribution in [2.45, 2.75) is 39.3 Å². The van der Waals surface area contributed by atoms with Crippen molar-refractivity contribution in [1.29, 1.82) is 0 Å². The van der Waals surface area contributed by atoms with Crippen LogP contribution in [0.15, 0.2) is 59.5 Å². The summed E-state index contributed by atoms with van der Waals surface area (Å²) in [5, 5.41) is 9.89. The van der Waals surface area contributed by atoms with E-state index in [9.17, 15) is 14.4 Å². The van der Waals surface area contributed by atoms with Crippen LogP contribution in [0, 0.1) is 0 Å². The number of amides is 1. The maximum atomic E-state index is 12.9. The molecule has 0 saturated carbocycles. The van der Waals surface area contributed by atoms with Crippen molar-refractivity contribution in [2.75, 3.05) is 0 Å². The summed E-state index contributed by atoms with van der Waals surface area (Å²) in [6.07, 6.45) is 1.84. The maximum absolute atomic E-state index is 12.9. The second-order valence-corrected chi connectivity index (χ2v) is 8.07. The minimum atomic E-state index is -0.679. The molecule has 0 aliphatic heterocycles. The molecule has 1 amide bonds. The number of hydrogen-bond donors (Lipinski definition) is 2. The van der Waals surface area contributed by atoms with Crippen LogP contribution in [0.25, 0.3) is 10.8 Å². The van der Waals surface area contributed by atoms with Gasteiger partial charge in [0.2, 0.25) is 0 Å². The highest BCUT2D eigenvalue weighted by Crippen LogP contribution is 2.15. The predicted molar refractivity (Wildman–Crippen MR) is 113 cm³/mol. The lowest BCUT2D eigenvalue weighted by Crippen LogP contribution is -2.25. The van der Waals surface area contributed by atoms with E-state index in [0.717, 1.165) is 11.1 Å². The molecule has 0 radical (unpaired) electrons. The molecular weight excluding hydrogens is 384 g/mol. The second kappa shape index (κ2) is 8.51. The fourth-order valence-corrected chi connectivity index (χ4v) is 3.19. The fraction of sp³-hybridized carbons (Fsp3) is 0.261. The van der Waals surface area contributed by atoms with Crippen LogP contribution in [0.2, 0.25) is 0 Å². The summed E-state index contributed by atoms with van der Waals surface area (Å²) in [6.45, 7) is 5.78. The summed E-state index contributed by atoms with van der Waals surface area (Å²) in [6, 6.07) is 13.9. The lowest BCUT2D eigenvalue weighted by atomic mass is 10.1. The number of hydrogen-bond acceptors (Lipinski definition) is 5. The summed E-state index contributed by atoms with van der Waals surface area (Å²) in [5.41, 5.74) is 2.63. The fourth-order valence-electron chi connectivity index (χ4n) is 3.19. The Hall–Kier alpha value is -3.45. The third kappa shape index (κ3) is 5.12. The van der Waals surface area contributed by atoms with E-state index in [1.165, 1.54) is 16.7 Å². The highest BCUT2D eigenvalue weighted by Gasteiger charge is 2.16. The minimum Gasteiger partial charge on any atom is -0.460 e. The highest BCUT2D eigenvalue weighted by atomic mass is 16.6. The molecule has 0 aliphatic rings. The number of hydroxylamine groups is 1. The van der Waals surface area contributed by atoms with Gasteiger partial charge >= 0.3 is 5.97 Å². The summed E-state index contributed by atoms with van der Waals surface area (Å²) in [4.78, 5) is 36.6. The number of nitrogens with zero attached hydrogens (tertiary/aromatic N) is 1. The molecule has 7 heteroatoms. The molecular formula is C23H24N2O5. The van der Waals surface area contributed by atoms with Gasteiger partial charge < -0.3 is 9.30 Å². The van der Waals surface area contributed by atoms with Crippen LogP contribution in [-0.4, -0.2) is 27.3 Å². The van der Waals surface area contributed by atoms with Gasteiger partial charge in [-0.25, -0.2) is 5.48 Å². The number of benzene rings is 2. The maximum Gasteiger partial charge on any atom is 0.310 e.